The summed E-state index contributed by atoms with van der Waals surface area (Å²) in [5, 5.41) is 8.18. The molecule has 2 heteroatoms. The lowest BCUT2D eigenvalue weighted by Crippen LogP contribution is -1.95. The van der Waals surface area contributed by atoms with Gasteiger partial charge < -0.3 is 0 Å². The molecular formula is C24H20N2. The molecule has 0 heterocycles. The van der Waals surface area contributed by atoms with Crippen LogP contribution in [0.4, 0.5) is 0 Å². The van der Waals surface area contributed by atoms with Crippen molar-refractivity contribution in [1.82, 2.24) is 0 Å². The quantitative estimate of drug-likeness (QED) is 0.336. The van der Waals surface area contributed by atoms with E-state index in [1.165, 1.54) is 0 Å². The van der Waals surface area contributed by atoms with Crippen molar-refractivity contribution in [2.75, 3.05) is 0 Å². The minimum Gasteiger partial charge on any atom is -0.282 e. The standard InChI is InChI=1S/C24H20N2/c1-19(20-11-4-2-5-12-20)10-9-17-26-24(25)23-16-8-15-22(18-23)21-13-6-3-7-14-21/h2-18,25H,1H2/b10-9+,25-24?,26-17+. The van der Waals surface area contributed by atoms with Crippen LogP contribution in [0.3, 0.4) is 0 Å². The van der Waals surface area contributed by atoms with Gasteiger partial charge in [0.25, 0.3) is 0 Å². The molecule has 0 amide bonds. The molecule has 26 heavy (non-hydrogen) atoms. The molecule has 3 rings (SSSR count). The lowest BCUT2D eigenvalue weighted by atomic mass is 10.0. The van der Waals surface area contributed by atoms with Crippen molar-refractivity contribution in [3.8, 4) is 11.1 Å². The van der Waals surface area contributed by atoms with Gasteiger partial charge in [0.15, 0.2) is 5.84 Å². The molecule has 3 aromatic rings. The number of benzene rings is 3. The van der Waals surface area contributed by atoms with Crippen LogP contribution in [0.1, 0.15) is 11.1 Å². The SMILES string of the molecule is C=C(/C=C/C=N/C(=N)c1cccc(-c2ccccc2)c1)c1ccccc1. The summed E-state index contributed by atoms with van der Waals surface area (Å²) in [6.45, 7) is 4.04. The summed E-state index contributed by atoms with van der Waals surface area (Å²) in [5.41, 5.74) is 4.98. The zero-order valence-corrected chi connectivity index (χ0v) is 14.5. The fraction of sp³-hybridized carbons (Fsp3) is 0. The Hall–Kier alpha value is -3.52. The van der Waals surface area contributed by atoms with Gasteiger partial charge in [-0.25, -0.2) is 4.99 Å². The van der Waals surface area contributed by atoms with Crippen LogP contribution in [0.15, 0.2) is 109 Å². The Bertz CT molecular complexity index is 952. The number of allylic oxidation sites excluding steroid dienone is 3. The van der Waals surface area contributed by atoms with Crippen molar-refractivity contribution < 1.29 is 0 Å². The van der Waals surface area contributed by atoms with E-state index >= 15 is 0 Å². The van der Waals surface area contributed by atoms with E-state index in [-0.39, 0.29) is 5.84 Å². The Kier molecular flexibility index (Phi) is 5.69. The lowest BCUT2D eigenvalue weighted by molar-refractivity contribution is 1.42. The van der Waals surface area contributed by atoms with Gasteiger partial charge in [-0.1, -0.05) is 91.5 Å². The maximum Gasteiger partial charge on any atom is 0.151 e. The monoisotopic (exact) mass is 336 g/mol. The first-order valence-electron chi connectivity index (χ1n) is 8.43. The Morgan fingerprint density at radius 2 is 1.38 bits per heavy atom. The first kappa shape index (κ1) is 17.3. The van der Waals surface area contributed by atoms with E-state index in [2.05, 4.69) is 23.7 Å². The van der Waals surface area contributed by atoms with Crippen molar-refractivity contribution in [3.05, 3.63) is 115 Å². The molecular weight excluding hydrogens is 316 g/mol. The molecule has 3 aromatic carbocycles. The Morgan fingerprint density at radius 3 is 2.12 bits per heavy atom. The van der Waals surface area contributed by atoms with Gasteiger partial charge in [0.05, 0.1) is 0 Å². The summed E-state index contributed by atoms with van der Waals surface area (Å²) < 4.78 is 0. The van der Waals surface area contributed by atoms with Gasteiger partial charge in [-0.2, -0.15) is 0 Å². The molecule has 0 aliphatic rings. The average molecular weight is 336 g/mol. The third kappa shape index (κ3) is 4.52. The van der Waals surface area contributed by atoms with E-state index in [1.54, 1.807) is 6.21 Å². The van der Waals surface area contributed by atoms with Crippen LogP contribution in [0.2, 0.25) is 0 Å². The molecule has 0 unspecified atom stereocenters. The lowest BCUT2D eigenvalue weighted by Gasteiger charge is -2.04. The van der Waals surface area contributed by atoms with Crippen molar-refractivity contribution in [2.45, 2.75) is 0 Å². The molecule has 0 aliphatic carbocycles. The van der Waals surface area contributed by atoms with Crippen LogP contribution in [0.25, 0.3) is 16.7 Å². The van der Waals surface area contributed by atoms with E-state index < -0.39 is 0 Å². The van der Waals surface area contributed by atoms with Gasteiger partial charge >= 0.3 is 0 Å². The zero-order chi connectivity index (χ0) is 18.2. The highest BCUT2D eigenvalue weighted by Gasteiger charge is 2.02. The highest BCUT2D eigenvalue weighted by molar-refractivity contribution is 6.03. The van der Waals surface area contributed by atoms with Crippen molar-refractivity contribution in [3.63, 3.8) is 0 Å². The molecule has 1 N–H and O–H groups in total. The zero-order valence-electron chi connectivity index (χ0n) is 14.5. The molecule has 0 saturated heterocycles. The third-order valence-electron chi connectivity index (χ3n) is 3.97. The van der Waals surface area contributed by atoms with Crippen molar-refractivity contribution in [1.29, 1.82) is 5.41 Å². The number of aliphatic imine (C=N–C) groups is 1. The van der Waals surface area contributed by atoms with Gasteiger partial charge in [0.2, 0.25) is 0 Å². The van der Waals surface area contributed by atoms with Gasteiger partial charge in [0.1, 0.15) is 0 Å². The first-order chi connectivity index (χ1) is 12.7. The molecule has 0 radical (unpaired) electrons. The summed E-state index contributed by atoms with van der Waals surface area (Å²) in [7, 11) is 0. The summed E-state index contributed by atoms with van der Waals surface area (Å²) in [6.07, 6.45) is 5.34. The third-order valence-corrected chi connectivity index (χ3v) is 3.97. The van der Waals surface area contributed by atoms with Gasteiger partial charge in [-0.15, -0.1) is 0 Å². The molecule has 126 valence electrons. The molecule has 0 fully saturated rings. The topological polar surface area (TPSA) is 36.2 Å². The number of hydrogen-bond donors (Lipinski definition) is 1. The highest BCUT2D eigenvalue weighted by Crippen LogP contribution is 2.20. The first-order valence-corrected chi connectivity index (χ1v) is 8.43. The van der Waals surface area contributed by atoms with Crippen LogP contribution in [0, 0.1) is 5.41 Å². The number of nitrogens with zero attached hydrogens (tertiary/aromatic N) is 1. The smallest absolute Gasteiger partial charge is 0.151 e. The Balaban J connectivity index is 1.67. The van der Waals surface area contributed by atoms with E-state index in [0.717, 1.165) is 27.8 Å². The second-order valence-electron chi connectivity index (χ2n) is 5.82. The minimum absolute atomic E-state index is 0.234. The van der Waals surface area contributed by atoms with Crippen LogP contribution >= 0.6 is 0 Å². The van der Waals surface area contributed by atoms with Gasteiger partial charge in [-0.05, 0) is 34.4 Å². The molecule has 0 spiro atoms. The molecule has 2 nitrogen and oxygen atoms in total. The fourth-order valence-corrected chi connectivity index (χ4v) is 2.58. The largest absolute Gasteiger partial charge is 0.282 e. The van der Waals surface area contributed by atoms with Gasteiger partial charge in [0, 0.05) is 11.8 Å². The number of rotatable bonds is 5. The predicted molar refractivity (Wildman–Crippen MR) is 112 cm³/mol. The van der Waals surface area contributed by atoms with E-state index in [1.807, 2.05) is 84.9 Å². The van der Waals surface area contributed by atoms with Crippen LogP contribution < -0.4 is 0 Å². The number of hydrogen-bond acceptors (Lipinski definition) is 1. The fourth-order valence-electron chi connectivity index (χ4n) is 2.58. The predicted octanol–water partition coefficient (Wildman–Crippen LogP) is 6.02. The van der Waals surface area contributed by atoms with Gasteiger partial charge in [-0.3, -0.25) is 5.41 Å². The van der Waals surface area contributed by atoms with E-state index in [9.17, 15) is 0 Å². The van der Waals surface area contributed by atoms with Crippen LogP contribution in [0.5, 0.6) is 0 Å². The highest BCUT2D eigenvalue weighted by atomic mass is 14.8. The minimum atomic E-state index is 0.234. The normalized spacial score (nSPS) is 11.1. The summed E-state index contributed by atoms with van der Waals surface area (Å²) in [4.78, 5) is 4.23. The van der Waals surface area contributed by atoms with Crippen molar-refractivity contribution >= 4 is 17.6 Å². The number of amidine groups is 1. The van der Waals surface area contributed by atoms with Crippen molar-refractivity contribution in [2.24, 2.45) is 4.99 Å². The average Bonchev–Trinajstić information content (AvgIpc) is 2.72. The van der Waals surface area contributed by atoms with E-state index in [4.69, 9.17) is 5.41 Å². The molecule has 0 bridgehead atoms. The summed E-state index contributed by atoms with van der Waals surface area (Å²) in [6, 6.07) is 28.0. The Morgan fingerprint density at radius 1 is 0.769 bits per heavy atom. The number of nitrogens with one attached hydrogen (secondary N) is 1. The molecule has 0 aliphatic heterocycles. The maximum absolute atomic E-state index is 8.18. The second kappa shape index (κ2) is 8.54. The second-order valence-corrected chi connectivity index (χ2v) is 5.82. The summed E-state index contributed by atoms with van der Waals surface area (Å²) in [5.74, 6) is 0.234. The molecule has 0 aromatic heterocycles. The van der Waals surface area contributed by atoms with Crippen LogP contribution in [-0.4, -0.2) is 12.1 Å². The maximum atomic E-state index is 8.18. The summed E-state index contributed by atoms with van der Waals surface area (Å²) >= 11 is 0. The molecule has 0 atom stereocenters. The molecule has 0 saturated carbocycles. The Labute approximate surface area is 154 Å². The van der Waals surface area contributed by atoms with Crippen LogP contribution in [-0.2, 0) is 0 Å². The van der Waals surface area contributed by atoms with E-state index in [0.29, 0.717) is 0 Å².